The first-order chi connectivity index (χ1) is 17.8. The molecule has 0 unspecified atom stereocenters. The number of isocyanates is 1. The highest BCUT2D eigenvalue weighted by molar-refractivity contribution is 8.19. The second kappa shape index (κ2) is 9.93. The van der Waals surface area contributed by atoms with E-state index in [9.17, 15) is 22.8 Å². The normalized spacial score (nSPS) is 18.4. The van der Waals surface area contributed by atoms with E-state index < -0.39 is 11.7 Å². The Hall–Kier alpha value is -3.79. The molecule has 1 amide bonds. The number of para-hydroxylation sites is 1. The molecule has 1 fully saturated rings. The second-order valence-electron chi connectivity index (χ2n) is 8.04. The van der Waals surface area contributed by atoms with Crippen molar-refractivity contribution < 1.29 is 22.8 Å². The van der Waals surface area contributed by atoms with E-state index in [0.29, 0.717) is 4.91 Å². The lowest BCUT2D eigenvalue weighted by atomic mass is 10.1. The highest BCUT2D eigenvalue weighted by Gasteiger charge is 2.39. The van der Waals surface area contributed by atoms with Crippen LogP contribution >= 0.6 is 23.5 Å². The number of nitrogens with zero attached hydrogens (tertiary/aromatic N) is 4. The van der Waals surface area contributed by atoms with Gasteiger partial charge in [0.2, 0.25) is 6.08 Å². The Morgan fingerprint density at radius 1 is 0.946 bits per heavy atom. The Kier molecular flexibility index (Phi) is 6.68. The zero-order chi connectivity index (χ0) is 26.2. The van der Waals surface area contributed by atoms with Gasteiger partial charge < -0.3 is 4.90 Å². The average Bonchev–Trinajstić information content (AvgIpc) is 3.37. The average molecular weight is 539 g/mol. The summed E-state index contributed by atoms with van der Waals surface area (Å²) in [7, 11) is 1.87. The van der Waals surface area contributed by atoms with Crippen molar-refractivity contribution in [1.29, 1.82) is 0 Å². The van der Waals surface area contributed by atoms with Gasteiger partial charge in [-0.25, -0.2) is 9.79 Å². The number of anilines is 1. The van der Waals surface area contributed by atoms with Crippen LogP contribution in [-0.2, 0) is 22.3 Å². The lowest BCUT2D eigenvalue weighted by Gasteiger charge is -2.17. The maximum atomic E-state index is 13.7. The Bertz CT molecular complexity index is 1500. The van der Waals surface area contributed by atoms with Crippen molar-refractivity contribution in [3.8, 4) is 0 Å². The van der Waals surface area contributed by atoms with E-state index in [1.165, 1.54) is 22.7 Å². The molecular weight excluding hydrogens is 521 g/mol. The van der Waals surface area contributed by atoms with Gasteiger partial charge in [0.25, 0.3) is 5.91 Å². The zero-order valence-electron chi connectivity index (χ0n) is 19.2. The fourth-order valence-electron chi connectivity index (χ4n) is 3.86. The molecule has 0 saturated carbocycles. The lowest BCUT2D eigenvalue weighted by Crippen LogP contribution is -2.29. The first kappa shape index (κ1) is 24.9. The molecule has 186 valence electrons. The van der Waals surface area contributed by atoms with Crippen molar-refractivity contribution >= 4 is 57.7 Å². The van der Waals surface area contributed by atoms with Gasteiger partial charge in [0.15, 0.2) is 5.17 Å². The van der Waals surface area contributed by atoms with Crippen LogP contribution in [0.1, 0.15) is 11.1 Å². The first-order valence-corrected chi connectivity index (χ1v) is 12.6. The minimum absolute atomic E-state index is 0.0201. The number of fused-ring (bicyclic) bond motifs is 1. The number of halogens is 3. The van der Waals surface area contributed by atoms with Crippen LogP contribution in [0.25, 0.3) is 0 Å². The molecule has 0 aromatic heterocycles. The third-order valence-electron chi connectivity index (χ3n) is 5.66. The van der Waals surface area contributed by atoms with Crippen LogP contribution in [0.15, 0.2) is 97.6 Å². The summed E-state index contributed by atoms with van der Waals surface area (Å²) in [4.78, 5) is 37.4. The minimum Gasteiger partial charge on any atom is -0.337 e. The topological polar surface area (TPSA) is 65.3 Å². The number of hydrogen-bond acceptors (Lipinski definition) is 7. The molecule has 6 nitrogen and oxygen atoms in total. The molecule has 11 heteroatoms. The highest BCUT2D eigenvalue weighted by Crippen LogP contribution is 2.50. The molecule has 3 aromatic carbocycles. The van der Waals surface area contributed by atoms with Gasteiger partial charge in [0, 0.05) is 11.9 Å². The number of carbonyl (C=O) groups excluding carboxylic acids is 2. The Morgan fingerprint density at radius 2 is 1.68 bits per heavy atom. The Labute approximate surface area is 218 Å². The van der Waals surface area contributed by atoms with E-state index in [0.717, 1.165) is 51.1 Å². The molecule has 3 aromatic rings. The fourth-order valence-corrected chi connectivity index (χ4v) is 6.20. The van der Waals surface area contributed by atoms with Gasteiger partial charge in [0.05, 0.1) is 28.5 Å². The van der Waals surface area contributed by atoms with Crippen LogP contribution in [-0.4, -0.2) is 29.1 Å². The molecule has 2 aliphatic heterocycles. The van der Waals surface area contributed by atoms with Gasteiger partial charge >= 0.3 is 6.18 Å². The molecular formula is C26H17F3N4O2S2. The second-order valence-corrected chi connectivity index (χ2v) is 10.0. The van der Waals surface area contributed by atoms with Gasteiger partial charge in [-0.05, 0) is 47.7 Å². The molecule has 0 atom stereocenters. The maximum absolute atomic E-state index is 13.7. The lowest BCUT2D eigenvalue weighted by molar-refractivity contribution is -0.137. The molecule has 0 bridgehead atoms. The van der Waals surface area contributed by atoms with Gasteiger partial charge in [-0.1, -0.05) is 54.2 Å². The van der Waals surface area contributed by atoms with Crippen LogP contribution in [0.5, 0.6) is 0 Å². The molecule has 1 saturated heterocycles. The van der Waals surface area contributed by atoms with Crippen molar-refractivity contribution in [3.05, 3.63) is 93.9 Å². The standard InChI is InChI=1S/C26H17F3N4O2S2/c1-32-20-9-5-6-10-21(20)36-24(32)22-23(35)33(14-16-7-3-2-4-8-16)25(37-22)31-18-12-11-17(26(27,28)29)13-19(18)30-15-34/h2-13H,14H2,1H3. The summed E-state index contributed by atoms with van der Waals surface area (Å²) < 4.78 is 39.7. The minimum atomic E-state index is -4.62. The van der Waals surface area contributed by atoms with E-state index in [-0.39, 0.29) is 29.0 Å². The summed E-state index contributed by atoms with van der Waals surface area (Å²) in [5.74, 6) is -0.276. The van der Waals surface area contributed by atoms with Gasteiger partial charge in [-0.15, -0.1) is 0 Å². The molecule has 2 heterocycles. The summed E-state index contributed by atoms with van der Waals surface area (Å²) in [5.41, 5.74) is 0.585. The van der Waals surface area contributed by atoms with Crippen LogP contribution in [0, 0.1) is 0 Å². The molecule has 37 heavy (non-hydrogen) atoms. The highest BCUT2D eigenvalue weighted by atomic mass is 32.2. The van der Waals surface area contributed by atoms with Gasteiger partial charge in [0.1, 0.15) is 10.6 Å². The third-order valence-corrected chi connectivity index (χ3v) is 8.10. The quantitative estimate of drug-likeness (QED) is 0.207. The van der Waals surface area contributed by atoms with E-state index in [1.54, 1.807) is 0 Å². The number of hydrogen-bond donors (Lipinski definition) is 0. The number of benzene rings is 3. The Balaban J connectivity index is 1.60. The van der Waals surface area contributed by atoms with Crippen LogP contribution < -0.4 is 4.90 Å². The van der Waals surface area contributed by atoms with E-state index in [2.05, 4.69) is 9.98 Å². The van der Waals surface area contributed by atoms with Gasteiger partial charge in [-0.2, -0.15) is 18.2 Å². The molecule has 2 aliphatic rings. The van der Waals surface area contributed by atoms with Crippen molar-refractivity contribution in [2.75, 3.05) is 11.9 Å². The Morgan fingerprint density at radius 3 is 2.38 bits per heavy atom. The summed E-state index contributed by atoms with van der Waals surface area (Å²) >= 11 is 2.60. The zero-order valence-corrected chi connectivity index (χ0v) is 20.8. The number of amidine groups is 1. The SMILES string of the molecule is CN1C(=C2SC(=Nc3ccc(C(F)(F)F)cc3N=C=O)N(Cc3ccccc3)C2=O)Sc2ccccc21. The summed E-state index contributed by atoms with van der Waals surface area (Å²) in [6.07, 6.45) is -3.33. The molecule has 0 radical (unpaired) electrons. The number of aliphatic imine (C=N–C) groups is 2. The van der Waals surface area contributed by atoms with Crippen molar-refractivity contribution in [2.45, 2.75) is 17.6 Å². The van der Waals surface area contributed by atoms with Crippen molar-refractivity contribution in [2.24, 2.45) is 9.98 Å². The summed E-state index contributed by atoms with van der Waals surface area (Å²) in [6, 6.07) is 19.8. The van der Waals surface area contributed by atoms with Crippen LogP contribution in [0.3, 0.4) is 0 Å². The van der Waals surface area contributed by atoms with Gasteiger partial charge in [-0.3, -0.25) is 9.69 Å². The number of rotatable bonds is 4. The number of carbonyl (C=O) groups is 1. The third kappa shape index (κ3) is 4.93. The van der Waals surface area contributed by atoms with Crippen LogP contribution in [0.4, 0.5) is 30.2 Å². The van der Waals surface area contributed by atoms with E-state index in [1.807, 2.05) is 66.5 Å². The van der Waals surface area contributed by atoms with E-state index >= 15 is 0 Å². The monoisotopic (exact) mass is 538 g/mol. The predicted molar refractivity (Wildman–Crippen MR) is 139 cm³/mol. The molecule has 0 N–H and O–H groups in total. The number of thioether (sulfide) groups is 2. The smallest absolute Gasteiger partial charge is 0.337 e. The summed E-state index contributed by atoms with van der Waals surface area (Å²) in [5, 5.41) is 1.00. The fraction of sp³-hybridized carbons (Fsp3) is 0.115. The first-order valence-electron chi connectivity index (χ1n) is 10.9. The molecule has 5 rings (SSSR count). The number of alkyl halides is 3. The van der Waals surface area contributed by atoms with Crippen molar-refractivity contribution in [1.82, 2.24) is 4.90 Å². The van der Waals surface area contributed by atoms with Crippen LogP contribution in [0.2, 0.25) is 0 Å². The molecule has 0 spiro atoms. The summed E-state index contributed by atoms with van der Waals surface area (Å²) in [6.45, 7) is 0.205. The predicted octanol–water partition coefficient (Wildman–Crippen LogP) is 6.85. The van der Waals surface area contributed by atoms with E-state index in [4.69, 9.17) is 0 Å². The van der Waals surface area contributed by atoms with Crippen molar-refractivity contribution in [3.63, 3.8) is 0 Å². The molecule has 0 aliphatic carbocycles. The maximum Gasteiger partial charge on any atom is 0.416 e. The number of amides is 1. The largest absolute Gasteiger partial charge is 0.416 e.